The molecule has 0 radical (unpaired) electrons. The first-order valence-electron chi connectivity index (χ1n) is 7.64. The molecule has 3 heteroatoms. The summed E-state index contributed by atoms with van der Waals surface area (Å²) in [5.41, 5.74) is 0. The molecule has 18 heavy (non-hydrogen) atoms. The van der Waals surface area contributed by atoms with Gasteiger partial charge in [0.15, 0.2) is 0 Å². The fourth-order valence-electron chi connectivity index (χ4n) is 2.72. The van der Waals surface area contributed by atoms with Crippen molar-refractivity contribution in [3.8, 4) is 0 Å². The van der Waals surface area contributed by atoms with Gasteiger partial charge >= 0.3 is 0 Å². The van der Waals surface area contributed by atoms with Gasteiger partial charge in [-0.3, -0.25) is 0 Å². The van der Waals surface area contributed by atoms with E-state index in [0.717, 1.165) is 19.6 Å². The molecule has 0 aliphatic heterocycles. The zero-order valence-electron chi connectivity index (χ0n) is 12.4. The quantitative estimate of drug-likeness (QED) is 0.644. The molecule has 0 bridgehead atoms. The third kappa shape index (κ3) is 6.72. The van der Waals surface area contributed by atoms with E-state index >= 15 is 0 Å². The molecule has 1 aliphatic rings. The van der Waals surface area contributed by atoms with E-state index in [1.807, 2.05) is 7.11 Å². The Morgan fingerprint density at radius 3 is 2.72 bits per heavy atom. The molecule has 3 atom stereocenters. The molecule has 3 unspecified atom stereocenters. The summed E-state index contributed by atoms with van der Waals surface area (Å²) in [7, 11) is 1.81. The van der Waals surface area contributed by atoms with Crippen LogP contribution in [-0.2, 0) is 9.47 Å². The maximum Gasteiger partial charge on any atom is 0.0599 e. The van der Waals surface area contributed by atoms with Crippen molar-refractivity contribution < 1.29 is 9.47 Å². The number of rotatable bonds is 9. The van der Waals surface area contributed by atoms with Gasteiger partial charge in [0, 0.05) is 19.8 Å². The molecule has 3 nitrogen and oxygen atoms in total. The van der Waals surface area contributed by atoms with Crippen LogP contribution in [0.5, 0.6) is 0 Å². The molecule has 1 aliphatic carbocycles. The van der Waals surface area contributed by atoms with E-state index in [0.29, 0.717) is 18.2 Å². The number of unbranched alkanes of at least 4 members (excludes halogenated alkanes) is 1. The van der Waals surface area contributed by atoms with Crippen molar-refractivity contribution in [3.63, 3.8) is 0 Å². The first-order valence-corrected chi connectivity index (χ1v) is 7.64. The van der Waals surface area contributed by atoms with Crippen LogP contribution in [0.3, 0.4) is 0 Å². The molecule has 0 heterocycles. The maximum absolute atomic E-state index is 5.96. The molecule has 0 aromatic rings. The third-order valence-corrected chi connectivity index (χ3v) is 3.85. The van der Waals surface area contributed by atoms with Crippen LogP contribution in [0.1, 0.15) is 58.8 Å². The molecule has 0 aromatic carbocycles. The summed E-state index contributed by atoms with van der Waals surface area (Å²) >= 11 is 0. The second-order valence-corrected chi connectivity index (χ2v) is 5.47. The first-order chi connectivity index (χ1) is 8.76. The van der Waals surface area contributed by atoms with Crippen molar-refractivity contribution in [3.05, 3.63) is 0 Å². The Morgan fingerprint density at radius 1 is 1.22 bits per heavy atom. The summed E-state index contributed by atoms with van der Waals surface area (Å²) in [5, 5.41) is 3.44. The van der Waals surface area contributed by atoms with Gasteiger partial charge in [-0.1, -0.05) is 6.92 Å². The highest BCUT2D eigenvalue weighted by atomic mass is 16.5. The van der Waals surface area contributed by atoms with Crippen LogP contribution in [-0.4, -0.2) is 38.5 Å². The molecule has 1 fully saturated rings. The average molecular weight is 257 g/mol. The van der Waals surface area contributed by atoms with Gasteiger partial charge in [-0.25, -0.2) is 0 Å². The zero-order valence-corrected chi connectivity index (χ0v) is 12.4. The van der Waals surface area contributed by atoms with Crippen LogP contribution in [0.2, 0.25) is 0 Å². The average Bonchev–Trinajstić information content (AvgIpc) is 2.39. The van der Waals surface area contributed by atoms with Crippen molar-refractivity contribution in [1.29, 1.82) is 0 Å². The summed E-state index contributed by atoms with van der Waals surface area (Å²) in [6.45, 7) is 6.40. The fraction of sp³-hybridized carbons (Fsp3) is 1.00. The Morgan fingerprint density at radius 2 is 2.00 bits per heavy atom. The lowest BCUT2D eigenvalue weighted by Crippen LogP contribution is -2.28. The molecule has 0 amide bonds. The second kappa shape index (κ2) is 9.76. The van der Waals surface area contributed by atoms with Crippen LogP contribution in [0.4, 0.5) is 0 Å². The lowest BCUT2D eigenvalue weighted by atomic mass is 9.95. The monoisotopic (exact) mass is 257 g/mol. The van der Waals surface area contributed by atoms with E-state index < -0.39 is 0 Å². The molecule has 1 N–H and O–H groups in total. The maximum atomic E-state index is 5.96. The summed E-state index contributed by atoms with van der Waals surface area (Å²) in [4.78, 5) is 0. The number of hydrogen-bond acceptors (Lipinski definition) is 3. The predicted molar refractivity (Wildman–Crippen MR) is 76.0 cm³/mol. The van der Waals surface area contributed by atoms with Gasteiger partial charge in [-0.2, -0.15) is 0 Å². The topological polar surface area (TPSA) is 30.5 Å². The van der Waals surface area contributed by atoms with Crippen LogP contribution in [0.15, 0.2) is 0 Å². The van der Waals surface area contributed by atoms with Crippen molar-refractivity contribution in [2.75, 3.05) is 20.3 Å². The molecule has 1 rings (SSSR count). The molecular weight excluding hydrogens is 226 g/mol. The van der Waals surface area contributed by atoms with Crippen molar-refractivity contribution in [2.45, 2.75) is 77.0 Å². The Bertz CT molecular complexity index is 199. The van der Waals surface area contributed by atoms with E-state index in [2.05, 4.69) is 19.2 Å². The molecule has 0 aromatic heterocycles. The minimum atomic E-state index is 0.428. The molecule has 1 saturated carbocycles. The van der Waals surface area contributed by atoms with E-state index in [1.54, 1.807) is 0 Å². The van der Waals surface area contributed by atoms with E-state index in [1.165, 1.54) is 38.5 Å². The van der Waals surface area contributed by atoms with Gasteiger partial charge in [0.1, 0.15) is 0 Å². The number of ether oxygens (including phenoxy) is 2. The highest BCUT2D eigenvalue weighted by molar-refractivity contribution is 4.73. The Balaban J connectivity index is 1.97. The second-order valence-electron chi connectivity index (χ2n) is 5.47. The lowest BCUT2D eigenvalue weighted by molar-refractivity contribution is -0.0303. The SMILES string of the molecule is CCNC(C)CCCCOC1CCCC(OC)C1. The summed E-state index contributed by atoms with van der Waals surface area (Å²) in [6.07, 6.45) is 9.32. The highest BCUT2D eigenvalue weighted by Gasteiger charge is 2.21. The lowest BCUT2D eigenvalue weighted by Gasteiger charge is -2.28. The number of nitrogens with one attached hydrogen (secondary N) is 1. The molecular formula is C15H31NO2. The Kier molecular flexibility index (Phi) is 8.64. The zero-order chi connectivity index (χ0) is 13.2. The minimum Gasteiger partial charge on any atom is -0.381 e. The van der Waals surface area contributed by atoms with Crippen LogP contribution >= 0.6 is 0 Å². The van der Waals surface area contributed by atoms with Gasteiger partial charge < -0.3 is 14.8 Å². The number of methoxy groups -OCH3 is 1. The molecule has 0 saturated heterocycles. The van der Waals surface area contributed by atoms with E-state index in [9.17, 15) is 0 Å². The van der Waals surface area contributed by atoms with Gasteiger partial charge in [-0.05, 0) is 58.4 Å². The Labute approximate surface area is 113 Å². The van der Waals surface area contributed by atoms with Crippen LogP contribution in [0, 0.1) is 0 Å². The van der Waals surface area contributed by atoms with Gasteiger partial charge in [-0.15, -0.1) is 0 Å². The minimum absolute atomic E-state index is 0.428. The molecule has 0 spiro atoms. The predicted octanol–water partition coefficient (Wildman–Crippen LogP) is 3.13. The highest BCUT2D eigenvalue weighted by Crippen LogP contribution is 2.23. The number of hydrogen-bond donors (Lipinski definition) is 1. The van der Waals surface area contributed by atoms with Gasteiger partial charge in [0.05, 0.1) is 12.2 Å². The normalized spacial score (nSPS) is 26.2. The molecule has 108 valence electrons. The third-order valence-electron chi connectivity index (χ3n) is 3.85. The first kappa shape index (κ1) is 15.9. The Hall–Kier alpha value is -0.120. The summed E-state index contributed by atoms with van der Waals surface area (Å²) in [6, 6.07) is 0.641. The van der Waals surface area contributed by atoms with Crippen molar-refractivity contribution in [1.82, 2.24) is 5.32 Å². The van der Waals surface area contributed by atoms with Crippen LogP contribution < -0.4 is 5.32 Å². The van der Waals surface area contributed by atoms with E-state index in [-0.39, 0.29) is 0 Å². The summed E-state index contributed by atoms with van der Waals surface area (Å²) in [5.74, 6) is 0. The van der Waals surface area contributed by atoms with Crippen molar-refractivity contribution in [2.24, 2.45) is 0 Å². The van der Waals surface area contributed by atoms with Gasteiger partial charge in [0.25, 0.3) is 0 Å². The van der Waals surface area contributed by atoms with Gasteiger partial charge in [0.2, 0.25) is 0 Å². The van der Waals surface area contributed by atoms with E-state index in [4.69, 9.17) is 9.47 Å². The summed E-state index contributed by atoms with van der Waals surface area (Å²) < 4.78 is 11.4. The smallest absolute Gasteiger partial charge is 0.0599 e. The standard InChI is InChI=1S/C15H31NO2/c1-4-16-13(2)8-5-6-11-18-15-10-7-9-14(12-15)17-3/h13-16H,4-12H2,1-3H3. The fourth-order valence-corrected chi connectivity index (χ4v) is 2.72. The largest absolute Gasteiger partial charge is 0.381 e. The van der Waals surface area contributed by atoms with Crippen molar-refractivity contribution >= 4 is 0 Å². The van der Waals surface area contributed by atoms with Crippen LogP contribution in [0.25, 0.3) is 0 Å².